The first-order valence-corrected chi connectivity index (χ1v) is 18.9. The number of hydrogen-bond donors (Lipinski definition) is 4. The van der Waals surface area contributed by atoms with Gasteiger partial charge >= 0.3 is 0 Å². The molecule has 2 aliphatic rings. The molecule has 18 heteroatoms. The van der Waals surface area contributed by atoms with Crippen LogP contribution in [0.3, 0.4) is 0 Å². The zero-order chi connectivity index (χ0) is 36.7. The van der Waals surface area contributed by atoms with Crippen molar-refractivity contribution in [2.45, 2.75) is 51.2 Å². The standard InChI is InChI=1S/C33H49Cl2N7O8S/c1-24(43)38-27(23-51-33-39-28-29(40-32(36)41-31(28)45)42(33)22-25-6-8-26(35)9-7-25)30(44)37-11-13-47-15-17-49-19-21-50-20-18-48-16-14-46-12-5-3-2-4-10-34/h6-9,27-28H,2-5,10-23H2,1H3,(H,37,44)(H,38,43)(H2,36,41,45)/t27-,28?/m0/s1. The molecule has 284 valence electrons. The van der Waals surface area contributed by atoms with Gasteiger partial charge in [0.2, 0.25) is 17.8 Å². The molecular weight excluding hydrogens is 725 g/mol. The third kappa shape index (κ3) is 17.0. The maximum Gasteiger partial charge on any atom is 0.259 e. The lowest BCUT2D eigenvalue weighted by atomic mass is 10.2. The number of guanidine groups is 1. The Balaban J connectivity index is 1.27. The third-order valence-electron chi connectivity index (χ3n) is 7.24. The number of nitrogens with one attached hydrogen (secondary N) is 4. The highest BCUT2D eigenvalue weighted by Gasteiger charge is 2.41. The number of aliphatic imine (C=N–C) groups is 2. The van der Waals surface area contributed by atoms with Crippen molar-refractivity contribution in [2.75, 3.05) is 84.2 Å². The number of carbonyl (C=O) groups is 3. The molecule has 0 saturated heterocycles. The Kier molecular flexibility index (Phi) is 21.0. The monoisotopic (exact) mass is 773 g/mol. The van der Waals surface area contributed by atoms with Crippen molar-refractivity contribution in [3.05, 3.63) is 34.9 Å². The highest BCUT2D eigenvalue weighted by molar-refractivity contribution is 8.13. The molecule has 1 aromatic rings. The number of amidine groups is 2. The van der Waals surface area contributed by atoms with E-state index in [1.54, 1.807) is 17.0 Å². The fourth-order valence-electron chi connectivity index (χ4n) is 4.73. The maximum absolute atomic E-state index is 13.0. The van der Waals surface area contributed by atoms with Crippen LogP contribution in [0.1, 0.15) is 38.2 Å². The molecule has 0 spiro atoms. The number of alkyl halides is 1. The molecule has 0 bridgehead atoms. The van der Waals surface area contributed by atoms with Crippen molar-refractivity contribution in [1.82, 2.24) is 20.9 Å². The normalized spacial score (nSPS) is 16.0. The van der Waals surface area contributed by atoms with Gasteiger partial charge in [-0.1, -0.05) is 48.3 Å². The first-order valence-electron chi connectivity index (χ1n) is 17.0. The van der Waals surface area contributed by atoms with Gasteiger partial charge in [-0.05, 0) is 30.5 Å². The van der Waals surface area contributed by atoms with Gasteiger partial charge in [-0.2, -0.15) is 4.99 Å². The topological polar surface area (TPSA) is 185 Å². The van der Waals surface area contributed by atoms with Gasteiger partial charge in [0, 0.05) is 36.7 Å². The lowest BCUT2D eigenvalue weighted by molar-refractivity contribution is -0.127. The summed E-state index contributed by atoms with van der Waals surface area (Å²) in [5, 5.41) is 16.7. The van der Waals surface area contributed by atoms with E-state index >= 15 is 0 Å². The van der Waals surface area contributed by atoms with E-state index in [1.165, 1.54) is 18.7 Å². The van der Waals surface area contributed by atoms with Crippen molar-refractivity contribution in [3.8, 4) is 0 Å². The number of rotatable bonds is 27. The highest BCUT2D eigenvalue weighted by Crippen LogP contribution is 2.26. The Morgan fingerprint density at radius 3 is 2.12 bits per heavy atom. The Hall–Kier alpha value is -2.83. The molecule has 2 heterocycles. The molecule has 3 amide bonds. The number of fused-ring (bicyclic) bond motifs is 1. The molecule has 51 heavy (non-hydrogen) atoms. The summed E-state index contributed by atoms with van der Waals surface area (Å²) in [6.07, 6.45) is 4.38. The Bertz CT molecular complexity index is 1310. The number of halogens is 2. The van der Waals surface area contributed by atoms with Crippen LogP contribution in [-0.2, 0) is 44.6 Å². The van der Waals surface area contributed by atoms with Gasteiger partial charge in [-0.3, -0.25) is 25.1 Å². The van der Waals surface area contributed by atoms with E-state index in [1.807, 2.05) is 12.1 Å². The van der Waals surface area contributed by atoms with Crippen LogP contribution in [0.5, 0.6) is 0 Å². The highest BCUT2D eigenvalue weighted by atomic mass is 35.5. The van der Waals surface area contributed by atoms with E-state index in [4.69, 9.17) is 52.3 Å². The molecule has 2 atom stereocenters. The molecule has 0 aromatic heterocycles. The maximum atomic E-state index is 13.0. The van der Waals surface area contributed by atoms with E-state index in [2.05, 4.69) is 25.9 Å². The van der Waals surface area contributed by atoms with Crippen LogP contribution in [0.25, 0.3) is 0 Å². The van der Waals surface area contributed by atoms with E-state index in [9.17, 15) is 14.4 Å². The summed E-state index contributed by atoms with van der Waals surface area (Å²) < 4.78 is 27.6. The quantitative estimate of drug-likeness (QED) is 0.0766. The summed E-state index contributed by atoms with van der Waals surface area (Å²) in [5.74, 6) is -0.332. The molecular formula is C33H49Cl2N7O8S. The average Bonchev–Trinajstić information content (AvgIpc) is 3.44. The molecule has 0 radical (unpaired) electrons. The van der Waals surface area contributed by atoms with Gasteiger partial charge < -0.3 is 39.2 Å². The molecule has 0 fully saturated rings. The van der Waals surface area contributed by atoms with Crippen molar-refractivity contribution in [2.24, 2.45) is 9.98 Å². The van der Waals surface area contributed by atoms with E-state index in [0.29, 0.717) is 75.4 Å². The predicted octanol–water partition coefficient (Wildman–Crippen LogP) is 2.58. The number of hydrogen-bond acceptors (Lipinski definition) is 12. The molecule has 1 aromatic carbocycles. The summed E-state index contributed by atoms with van der Waals surface area (Å²) in [5.41, 5.74) is 0.877. The Morgan fingerprint density at radius 1 is 0.922 bits per heavy atom. The number of thioether (sulfide) groups is 1. The Labute approximate surface area is 313 Å². The predicted molar refractivity (Wildman–Crippen MR) is 198 cm³/mol. The number of ether oxygens (including phenoxy) is 5. The second-order valence-corrected chi connectivity index (χ2v) is 13.2. The minimum absolute atomic E-state index is 0.133. The van der Waals surface area contributed by atoms with Gasteiger partial charge in [0.05, 0.1) is 66.0 Å². The van der Waals surface area contributed by atoms with Gasteiger partial charge in [-0.15, -0.1) is 11.6 Å². The van der Waals surface area contributed by atoms with Crippen molar-refractivity contribution in [1.29, 1.82) is 5.41 Å². The lowest BCUT2D eigenvalue weighted by Crippen LogP contribution is -2.49. The van der Waals surface area contributed by atoms with E-state index < -0.39 is 23.9 Å². The third-order valence-corrected chi connectivity index (χ3v) is 8.84. The Morgan fingerprint density at radius 2 is 1.51 bits per heavy atom. The first-order chi connectivity index (χ1) is 24.8. The van der Waals surface area contributed by atoms with Crippen molar-refractivity contribution < 1.29 is 38.1 Å². The second kappa shape index (κ2) is 25.2. The van der Waals surface area contributed by atoms with Gasteiger partial charge in [0.15, 0.2) is 11.2 Å². The smallest absolute Gasteiger partial charge is 0.259 e. The van der Waals surface area contributed by atoms with Gasteiger partial charge in [0.25, 0.3) is 5.91 Å². The number of unbranched alkanes of at least 4 members (excludes halogenated alkanes) is 3. The van der Waals surface area contributed by atoms with E-state index in [0.717, 1.165) is 43.7 Å². The lowest BCUT2D eigenvalue weighted by Gasteiger charge is -2.25. The SMILES string of the molecule is CC(=O)N[C@@H](CSC1=NC2C(=O)NC(=N)N=C2N1Cc1ccc(Cl)cc1)C(=O)NCCOCCOCCOCCOCCOCCCCCCCl. The summed E-state index contributed by atoms with van der Waals surface area (Å²) in [4.78, 5) is 48.0. The molecule has 4 N–H and O–H groups in total. The molecule has 3 rings (SSSR count). The summed E-state index contributed by atoms with van der Waals surface area (Å²) in [7, 11) is 0. The zero-order valence-electron chi connectivity index (χ0n) is 29.0. The van der Waals surface area contributed by atoms with Crippen LogP contribution in [0, 0.1) is 5.41 Å². The number of nitrogens with zero attached hydrogens (tertiary/aromatic N) is 3. The molecule has 15 nitrogen and oxygen atoms in total. The largest absolute Gasteiger partial charge is 0.379 e. The van der Waals surface area contributed by atoms with Gasteiger partial charge in [0.1, 0.15) is 11.9 Å². The number of benzene rings is 1. The van der Waals surface area contributed by atoms with Crippen LogP contribution < -0.4 is 16.0 Å². The van der Waals surface area contributed by atoms with Crippen molar-refractivity contribution in [3.63, 3.8) is 0 Å². The zero-order valence-corrected chi connectivity index (χ0v) is 31.3. The summed E-state index contributed by atoms with van der Waals surface area (Å²) in [6.45, 7) is 6.54. The van der Waals surface area contributed by atoms with E-state index in [-0.39, 0.29) is 30.8 Å². The molecule has 0 saturated carbocycles. The molecule has 2 aliphatic heterocycles. The van der Waals surface area contributed by atoms with Crippen LogP contribution >= 0.6 is 35.0 Å². The minimum atomic E-state index is -0.919. The van der Waals surface area contributed by atoms with Gasteiger partial charge in [-0.25, -0.2) is 4.99 Å². The number of carbonyl (C=O) groups excluding carboxylic acids is 3. The number of amides is 3. The fourth-order valence-corrected chi connectivity index (χ4v) is 6.09. The summed E-state index contributed by atoms with van der Waals surface area (Å²) in [6, 6.07) is 5.39. The van der Waals surface area contributed by atoms with Crippen LogP contribution in [-0.4, -0.2) is 136 Å². The van der Waals surface area contributed by atoms with Crippen molar-refractivity contribution >= 4 is 69.6 Å². The fraction of sp³-hybridized carbons (Fsp3) is 0.636. The van der Waals surface area contributed by atoms with Crippen LogP contribution in [0.15, 0.2) is 34.3 Å². The molecule has 0 aliphatic carbocycles. The minimum Gasteiger partial charge on any atom is -0.379 e. The van der Waals surface area contributed by atoms with Crippen LogP contribution in [0.4, 0.5) is 0 Å². The molecule has 1 unspecified atom stereocenters. The average molecular weight is 775 g/mol. The first kappa shape index (κ1) is 42.6. The second-order valence-electron chi connectivity index (χ2n) is 11.4. The summed E-state index contributed by atoms with van der Waals surface area (Å²) >= 11 is 12.9. The van der Waals surface area contributed by atoms with Crippen LogP contribution in [0.2, 0.25) is 5.02 Å².